The molecule has 0 rings (SSSR count). The van der Waals surface area contributed by atoms with Crippen LogP contribution < -0.4 is 0 Å². The molecule has 0 spiro atoms. The molecule has 0 unspecified atom stereocenters. The molecule has 6 heteroatoms. The van der Waals surface area contributed by atoms with E-state index in [-0.39, 0.29) is 31.1 Å². The van der Waals surface area contributed by atoms with E-state index in [2.05, 4.69) is 41.5 Å². The first-order valence-corrected chi connectivity index (χ1v) is 26.1. The monoisotopic (exact) mass is 835 g/mol. The van der Waals surface area contributed by atoms with Gasteiger partial charge in [-0.05, 0) is 37.0 Å². The molecule has 350 valence electrons. The largest absolute Gasteiger partial charge is 0.462 e. The summed E-state index contributed by atoms with van der Waals surface area (Å²) in [5.74, 6) is 1.59. The second kappa shape index (κ2) is 44.5. The zero-order valence-corrected chi connectivity index (χ0v) is 40.5. The van der Waals surface area contributed by atoms with Gasteiger partial charge in [-0.25, -0.2) is 0 Å². The predicted molar refractivity (Wildman–Crippen MR) is 252 cm³/mol. The van der Waals surface area contributed by atoms with Gasteiger partial charge in [0.05, 0.1) is 0 Å². The number of hydrogen-bond donors (Lipinski definition) is 0. The molecule has 1 atom stereocenters. The Labute approximate surface area is 368 Å². The summed E-state index contributed by atoms with van der Waals surface area (Å²) in [4.78, 5) is 37.9. The van der Waals surface area contributed by atoms with Gasteiger partial charge in [-0.1, -0.05) is 247 Å². The first-order valence-electron chi connectivity index (χ1n) is 26.1. The normalized spacial score (nSPS) is 12.2. The lowest BCUT2D eigenvalue weighted by molar-refractivity contribution is -0.167. The molecule has 0 saturated heterocycles. The molecule has 0 bridgehead atoms. The third-order valence-electron chi connectivity index (χ3n) is 11.9. The number of unbranched alkanes of at least 4 members (excludes halogenated alkanes) is 29. The summed E-state index contributed by atoms with van der Waals surface area (Å²) in [7, 11) is 0. The van der Waals surface area contributed by atoms with Crippen molar-refractivity contribution in [3.8, 4) is 0 Å². The summed E-state index contributed by atoms with van der Waals surface area (Å²) in [6.45, 7) is 13.7. The van der Waals surface area contributed by atoms with E-state index in [1.54, 1.807) is 0 Å². The number of rotatable bonds is 46. The second-order valence-electron chi connectivity index (χ2n) is 19.6. The molecule has 0 heterocycles. The van der Waals surface area contributed by atoms with Gasteiger partial charge in [0.2, 0.25) is 0 Å². The third-order valence-corrected chi connectivity index (χ3v) is 11.9. The van der Waals surface area contributed by atoms with E-state index in [0.29, 0.717) is 19.3 Å². The first kappa shape index (κ1) is 57.4. The lowest BCUT2D eigenvalue weighted by Crippen LogP contribution is -2.30. The molecular weight excluding hydrogens is 733 g/mol. The number of ether oxygens (including phenoxy) is 3. The summed E-state index contributed by atoms with van der Waals surface area (Å²) >= 11 is 0. The molecule has 0 amide bonds. The first-order chi connectivity index (χ1) is 28.6. The van der Waals surface area contributed by atoms with Crippen molar-refractivity contribution in [3.05, 3.63) is 0 Å². The topological polar surface area (TPSA) is 78.9 Å². The van der Waals surface area contributed by atoms with Crippen LogP contribution in [0.25, 0.3) is 0 Å². The average molecular weight is 835 g/mol. The van der Waals surface area contributed by atoms with Crippen LogP contribution in [0.4, 0.5) is 0 Å². The molecule has 0 N–H and O–H groups in total. The average Bonchev–Trinajstić information content (AvgIpc) is 3.19. The van der Waals surface area contributed by atoms with E-state index in [0.717, 1.165) is 75.5 Å². The molecule has 6 nitrogen and oxygen atoms in total. The van der Waals surface area contributed by atoms with Gasteiger partial charge in [0.15, 0.2) is 6.10 Å². The molecule has 0 aliphatic rings. The van der Waals surface area contributed by atoms with Crippen molar-refractivity contribution < 1.29 is 28.6 Å². The van der Waals surface area contributed by atoms with Crippen LogP contribution in [0.2, 0.25) is 0 Å². The van der Waals surface area contributed by atoms with Gasteiger partial charge in [-0.3, -0.25) is 14.4 Å². The maximum atomic E-state index is 12.8. The lowest BCUT2D eigenvalue weighted by Gasteiger charge is -2.18. The quantitative estimate of drug-likeness (QED) is 0.0345. The predicted octanol–water partition coefficient (Wildman–Crippen LogP) is 16.8. The Balaban J connectivity index is 4.27. The van der Waals surface area contributed by atoms with Crippen LogP contribution >= 0.6 is 0 Å². The molecule has 0 radical (unpaired) electrons. The highest BCUT2D eigenvalue weighted by Crippen LogP contribution is 2.18. The molecule has 59 heavy (non-hydrogen) atoms. The van der Waals surface area contributed by atoms with Gasteiger partial charge in [0, 0.05) is 19.3 Å². The van der Waals surface area contributed by atoms with E-state index in [1.807, 2.05) is 0 Å². The highest BCUT2D eigenvalue weighted by molar-refractivity contribution is 5.71. The Hall–Kier alpha value is -1.59. The van der Waals surface area contributed by atoms with E-state index < -0.39 is 6.10 Å². The van der Waals surface area contributed by atoms with Crippen molar-refractivity contribution in [1.82, 2.24) is 0 Å². The van der Waals surface area contributed by atoms with Gasteiger partial charge in [-0.2, -0.15) is 0 Å². The summed E-state index contributed by atoms with van der Waals surface area (Å²) in [5, 5.41) is 0. The van der Waals surface area contributed by atoms with E-state index in [4.69, 9.17) is 14.2 Å². The molecule has 0 aromatic carbocycles. The highest BCUT2D eigenvalue weighted by Gasteiger charge is 2.19. The number of carbonyl (C=O) groups is 3. The Kier molecular flexibility index (Phi) is 43.3. The highest BCUT2D eigenvalue weighted by atomic mass is 16.6. The molecular formula is C53H102O6. The molecule has 0 fully saturated rings. The van der Waals surface area contributed by atoms with E-state index >= 15 is 0 Å². The molecule has 0 aromatic rings. The van der Waals surface area contributed by atoms with Crippen LogP contribution in [0, 0.1) is 17.8 Å². The van der Waals surface area contributed by atoms with Crippen LogP contribution in [0.1, 0.15) is 286 Å². The standard InChI is InChI=1S/C53H102O6/c1-47(2)39-33-27-21-17-13-9-7-11-15-19-23-30-36-42-51(54)57-45-50(46-58-52(55)43-37-31-26-25-29-35-41-49(5)6)59-53(56)44-38-32-24-20-16-12-8-10-14-18-22-28-34-40-48(3)4/h47-50H,7-46H2,1-6H3/t50-/m1/s1. The SMILES string of the molecule is CC(C)CCCCCCCCCCCCCCCC(=O)OC[C@H](COC(=O)CCCCCCCCC(C)C)OC(=O)CCCCCCCCCCCCCCCC(C)C. The fraction of sp³-hybridized carbons (Fsp3) is 0.943. The van der Waals surface area contributed by atoms with Crippen molar-refractivity contribution in [3.63, 3.8) is 0 Å². The maximum Gasteiger partial charge on any atom is 0.306 e. The van der Waals surface area contributed by atoms with Crippen LogP contribution in [0.15, 0.2) is 0 Å². The summed E-state index contributed by atoms with van der Waals surface area (Å²) in [5.41, 5.74) is 0. The Morgan fingerprint density at radius 1 is 0.288 bits per heavy atom. The van der Waals surface area contributed by atoms with Gasteiger partial charge < -0.3 is 14.2 Å². The molecule has 0 saturated carbocycles. The fourth-order valence-electron chi connectivity index (χ4n) is 7.94. The molecule has 0 aliphatic heterocycles. The smallest absolute Gasteiger partial charge is 0.306 e. The molecule has 0 aliphatic carbocycles. The fourth-order valence-corrected chi connectivity index (χ4v) is 7.94. The van der Waals surface area contributed by atoms with Gasteiger partial charge >= 0.3 is 17.9 Å². The third kappa shape index (κ3) is 47.3. The number of hydrogen-bond acceptors (Lipinski definition) is 6. The Bertz CT molecular complexity index is 914. The van der Waals surface area contributed by atoms with Crippen molar-refractivity contribution in [2.24, 2.45) is 17.8 Å². The Morgan fingerprint density at radius 3 is 0.729 bits per heavy atom. The van der Waals surface area contributed by atoms with Crippen LogP contribution in [0.5, 0.6) is 0 Å². The summed E-state index contributed by atoms with van der Waals surface area (Å²) in [6, 6.07) is 0. The van der Waals surface area contributed by atoms with Crippen LogP contribution in [-0.2, 0) is 28.6 Å². The van der Waals surface area contributed by atoms with Gasteiger partial charge in [0.25, 0.3) is 0 Å². The zero-order chi connectivity index (χ0) is 43.4. The lowest BCUT2D eigenvalue weighted by atomic mass is 10.0. The van der Waals surface area contributed by atoms with Crippen molar-refractivity contribution >= 4 is 17.9 Å². The van der Waals surface area contributed by atoms with E-state index in [1.165, 1.54) is 167 Å². The Morgan fingerprint density at radius 2 is 0.492 bits per heavy atom. The van der Waals surface area contributed by atoms with Gasteiger partial charge in [-0.15, -0.1) is 0 Å². The summed E-state index contributed by atoms with van der Waals surface area (Å²) in [6.07, 6.45) is 43.9. The van der Waals surface area contributed by atoms with Crippen LogP contribution in [-0.4, -0.2) is 37.2 Å². The number of esters is 3. The molecule has 0 aromatic heterocycles. The van der Waals surface area contributed by atoms with Gasteiger partial charge in [0.1, 0.15) is 13.2 Å². The van der Waals surface area contributed by atoms with Crippen molar-refractivity contribution in [1.29, 1.82) is 0 Å². The van der Waals surface area contributed by atoms with Crippen LogP contribution in [0.3, 0.4) is 0 Å². The minimum atomic E-state index is -0.763. The minimum absolute atomic E-state index is 0.0652. The second-order valence-corrected chi connectivity index (χ2v) is 19.6. The maximum absolute atomic E-state index is 12.8. The minimum Gasteiger partial charge on any atom is -0.462 e. The number of carbonyl (C=O) groups excluding carboxylic acids is 3. The zero-order valence-electron chi connectivity index (χ0n) is 40.5. The van der Waals surface area contributed by atoms with E-state index in [9.17, 15) is 14.4 Å². The summed E-state index contributed by atoms with van der Waals surface area (Å²) < 4.78 is 16.8. The van der Waals surface area contributed by atoms with Crippen molar-refractivity contribution in [2.75, 3.05) is 13.2 Å². The van der Waals surface area contributed by atoms with Crippen molar-refractivity contribution in [2.45, 2.75) is 292 Å².